The summed E-state index contributed by atoms with van der Waals surface area (Å²) < 4.78 is 0. The summed E-state index contributed by atoms with van der Waals surface area (Å²) in [6, 6.07) is 1.52. The van der Waals surface area contributed by atoms with E-state index in [1.54, 1.807) is 0 Å². The molecule has 0 radical (unpaired) electrons. The van der Waals surface area contributed by atoms with E-state index in [4.69, 9.17) is 0 Å². The van der Waals surface area contributed by atoms with Crippen LogP contribution in [0.2, 0.25) is 0 Å². The van der Waals surface area contributed by atoms with E-state index in [1.807, 2.05) is 0 Å². The molecule has 0 bridgehead atoms. The number of hydrogen-bond acceptors (Lipinski definition) is 2. The number of hydrogen-bond donors (Lipinski definition) is 1. The fourth-order valence-corrected chi connectivity index (χ4v) is 3.61. The van der Waals surface area contributed by atoms with Gasteiger partial charge in [0.1, 0.15) is 0 Å². The molecule has 2 aliphatic heterocycles. The number of piperidine rings is 1. The zero-order valence-electron chi connectivity index (χ0n) is 11.9. The third-order valence-corrected chi connectivity index (χ3v) is 4.84. The number of nitrogens with zero attached hydrogens (tertiary/aromatic N) is 1. The Morgan fingerprint density at radius 1 is 1.12 bits per heavy atom. The highest BCUT2D eigenvalue weighted by molar-refractivity contribution is 4.85. The predicted octanol–water partition coefficient (Wildman–Crippen LogP) is 2.89. The minimum absolute atomic E-state index is 0.748. The van der Waals surface area contributed by atoms with Crippen LogP contribution in [-0.2, 0) is 0 Å². The molecule has 0 amide bonds. The van der Waals surface area contributed by atoms with E-state index >= 15 is 0 Å². The largest absolute Gasteiger partial charge is 0.313 e. The Hall–Kier alpha value is -0.0800. The van der Waals surface area contributed by atoms with Gasteiger partial charge in [-0.15, -0.1) is 0 Å². The first-order chi connectivity index (χ1) is 8.16. The van der Waals surface area contributed by atoms with Crippen molar-refractivity contribution in [1.82, 2.24) is 10.2 Å². The van der Waals surface area contributed by atoms with Crippen LogP contribution in [0.15, 0.2) is 0 Å². The van der Waals surface area contributed by atoms with Gasteiger partial charge in [-0.05, 0) is 44.6 Å². The SMILES string of the molecule is CC1CC(C)C(C)N(CC2CCCCCN2)C1. The van der Waals surface area contributed by atoms with Crippen molar-refractivity contribution in [2.45, 2.75) is 65.0 Å². The molecule has 2 saturated heterocycles. The van der Waals surface area contributed by atoms with Gasteiger partial charge < -0.3 is 5.32 Å². The molecule has 0 saturated carbocycles. The first-order valence-corrected chi connectivity index (χ1v) is 7.64. The van der Waals surface area contributed by atoms with E-state index < -0.39 is 0 Å². The molecule has 17 heavy (non-hydrogen) atoms. The molecule has 1 N–H and O–H groups in total. The van der Waals surface area contributed by atoms with Gasteiger partial charge in [-0.25, -0.2) is 0 Å². The van der Waals surface area contributed by atoms with Gasteiger partial charge in [0.15, 0.2) is 0 Å². The molecule has 2 nitrogen and oxygen atoms in total. The van der Waals surface area contributed by atoms with Crippen LogP contribution in [-0.4, -0.2) is 36.6 Å². The summed E-state index contributed by atoms with van der Waals surface area (Å²) in [5.41, 5.74) is 0. The second-order valence-electron chi connectivity index (χ2n) is 6.51. The van der Waals surface area contributed by atoms with Gasteiger partial charge in [0.05, 0.1) is 0 Å². The van der Waals surface area contributed by atoms with E-state index in [-0.39, 0.29) is 0 Å². The standard InChI is InChI=1S/C15H30N2/c1-12-9-13(2)14(3)17(10-12)11-15-7-5-4-6-8-16-15/h12-16H,4-11H2,1-3H3. The van der Waals surface area contributed by atoms with Crippen molar-refractivity contribution >= 4 is 0 Å². The predicted molar refractivity (Wildman–Crippen MR) is 74.2 cm³/mol. The maximum Gasteiger partial charge on any atom is 0.0195 e. The third kappa shape index (κ3) is 3.69. The van der Waals surface area contributed by atoms with Crippen LogP contribution < -0.4 is 5.32 Å². The van der Waals surface area contributed by atoms with Gasteiger partial charge in [-0.3, -0.25) is 4.90 Å². The van der Waals surface area contributed by atoms with Crippen molar-refractivity contribution in [3.05, 3.63) is 0 Å². The molecule has 100 valence electrons. The van der Waals surface area contributed by atoms with E-state index in [9.17, 15) is 0 Å². The lowest BCUT2D eigenvalue weighted by atomic mass is 9.85. The lowest BCUT2D eigenvalue weighted by molar-refractivity contribution is 0.0698. The number of rotatable bonds is 2. The molecule has 2 rings (SSSR count). The van der Waals surface area contributed by atoms with E-state index in [2.05, 4.69) is 31.0 Å². The van der Waals surface area contributed by atoms with Gasteiger partial charge in [0.25, 0.3) is 0 Å². The fraction of sp³-hybridized carbons (Fsp3) is 1.00. The Kier molecular flexibility index (Phi) is 4.87. The highest BCUT2D eigenvalue weighted by Crippen LogP contribution is 2.27. The van der Waals surface area contributed by atoms with Gasteiger partial charge >= 0.3 is 0 Å². The Morgan fingerprint density at radius 2 is 1.94 bits per heavy atom. The van der Waals surface area contributed by atoms with Gasteiger partial charge in [-0.1, -0.05) is 26.7 Å². The number of nitrogens with one attached hydrogen (secondary N) is 1. The second kappa shape index (κ2) is 6.19. The smallest absolute Gasteiger partial charge is 0.0195 e. The Balaban J connectivity index is 1.87. The van der Waals surface area contributed by atoms with Crippen molar-refractivity contribution < 1.29 is 0 Å². The van der Waals surface area contributed by atoms with Gasteiger partial charge in [0.2, 0.25) is 0 Å². The summed E-state index contributed by atoms with van der Waals surface area (Å²) in [4.78, 5) is 2.74. The summed E-state index contributed by atoms with van der Waals surface area (Å²) in [7, 11) is 0. The summed E-state index contributed by atoms with van der Waals surface area (Å²) >= 11 is 0. The molecule has 0 aromatic rings. The van der Waals surface area contributed by atoms with Crippen molar-refractivity contribution in [3.8, 4) is 0 Å². The van der Waals surface area contributed by atoms with Gasteiger partial charge in [0, 0.05) is 25.2 Å². The molecule has 2 heteroatoms. The zero-order chi connectivity index (χ0) is 12.3. The van der Waals surface area contributed by atoms with Crippen molar-refractivity contribution in [1.29, 1.82) is 0 Å². The lowest BCUT2D eigenvalue weighted by Gasteiger charge is -2.42. The van der Waals surface area contributed by atoms with Crippen molar-refractivity contribution in [2.24, 2.45) is 11.8 Å². The molecular formula is C15H30N2. The minimum atomic E-state index is 0.748. The van der Waals surface area contributed by atoms with Crippen LogP contribution >= 0.6 is 0 Å². The summed E-state index contributed by atoms with van der Waals surface area (Å²) in [5, 5.41) is 3.74. The maximum absolute atomic E-state index is 3.74. The first kappa shape index (κ1) is 13.4. The maximum atomic E-state index is 3.74. The molecular weight excluding hydrogens is 208 g/mol. The molecule has 0 aromatic carbocycles. The Morgan fingerprint density at radius 3 is 2.76 bits per heavy atom. The molecule has 0 aromatic heterocycles. The van der Waals surface area contributed by atoms with E-state index in [1.165, 1.54) is 51.7 Å². The number of likely N-dealkylation sites (tertiary alicyclic amines) is 1. The Labute approximate surface area is 107 Å². The summed E-state index contributed by atoms with van der Waals surface area (Å²) in [6.45, 7) is 11.1. The van der Waals surface area contributed by atoms with Crippen LogP contribution in [0.1, 0.15) is 52.9 Å². The Bertz CT molecular complexity index is 221. The molecule has 0 spiro atoms. The molecule has 4 unspecified atom stereocenters. The second-order valence-corrected chi connectivity index (χ2v) is 6.51. The summed E-state index contributed by atoms with van der Waals surface area (Å²) in [6.07, 6.45) is 7.01. The zero-order valence-corrected chi connectivity index (χ0v) is 11.9. The minimum Gasteiger partial charge on any atom is -0.313 e. The lowest BCUT2D eigenvalue weighted by Crippen LogP contribution is -2.51. The highest BCUT2D eigenvalue weighted by atomic mass is 15.2. The van der Waals surface area contributed by atoms with E-state index in [0.29, 0.717) is 0 Å². The van der Waals surface area contributed by atoms with Crippen LogP contribution in [0.4, 0.5) is 0 Å². The molecule has 2 aliphatic rings. The molecule has 2 fully saturated rings. The van der Waals surface area contributed by atoms with Crippen molar-refractivity contribution in [3.63, 3.8) is 0 Å². The molecule has 0 aliphatic carbocycles. The van der Waals surface area contributed by atoms with Crippen LogP contribution in [0, 0.1) is 11.8 Å². The van der Waals surface area contributed by atoms with Gasteiger partial charge in [-0.2, -0.15) is 0 Å². The summed E-state index contributed by atoms with van der Waals surface area (Å²) in [5.74, 6) is 1.75. The quantitative estimate of drug-likeness (QED) is 0.796. The highest BCUT2D eigenvalue weighted by Gasteiger charge is 2.30. The van der Waals surface area contributed by atoms with Crippen LogP contribution in [0.3, 0.4) is 0 Å². The fourth-order valence-electron chi connectivity index (χ4n) is 3.61. The average Bonchev–Trinajstić information content (AvgIpc) is 2.54. The van der Waals surface area contributed by atoms with Crippen molar-refractivity contribution in [2.75, 3.05) is 19.6 Å². The van der Waals surface area contributed by atoms with Crippen LogP contribution in [0.5, 0.6) is 0 Å². The normalized spacial score (nSPS) is 41.1. The topological polar surface area (TPSA) is 15.3 Å². The molecule has 2 heterocycles. The molecule has 4 atom stereocenters. The first-order valence-electron chi connectivity index (χ1n) is 7.64. The average molecular weight is 238 g/mol. The van der Waals surface area contributed by atoms with Crippen LogP contribution in [0.25, 0.3) is 0 Å². The van der Waals surface area contributed by atoms with E-state index in [0.717, 1.165) is 23.9 Å². The monoisotopic (exact) mass is 238 g/mol. The third-order valence-electron chi connectivity index (χ3n) is 4.84.